The summed E-state index contributed by atoms with van der Waals surface area (Å²) in [5.74, 6) is -1.50. The summed E-state index contributed by atoms with van der Waals surface area (Å²) in [4.78, 5) is 28.3. The minimum Gasteiger partial charge on any atom is -0.354 e. The summed E-state index contributed by atoms with van der Waals surface area (Å²) < 4.78 is 42.1. The number of hydrogen-bond acceptors (Lipinski definition) is 4. The Morgan fingerprint density at radius 1 is 0.974 bits per heavy atom. The number of rotatable bonds is 12. The van der Waals surface area contributed by atoms with E-state index in [4.69, 9.17) is 11.6 Å². The second-order valence-electron chi connectivity index (χ2n) is 9.13. The van der Waals surface area contributed by atoms with E-state index in [2.05, 4.69) is 5.32 Å². The summed E-state index contributed by atoms with van der Waals surface area (Å²) in [5, 5.41) is 3.26. The molecule has 208 valence electrons. The molecule has 0 bridgehead atoms. The van der Waals surface area contributed by atoms with Crippen molar-refractivity contribution in [1.29, 1.82) is 0 Å². The lowest BCUT2D eigenvalue weighted by atomic mass is 10.1. The first-order valence-corrected chi connectivity index (χ1v) is 14.6. The maximum absolute atomic E-state index is 14.0. The molecule has 3 aromatic carbocycles. The lowest BCUT2D eigenvalue weighted by molar-refractivity contribution is -0.140. The fourth-order valence-electron chi connectivity index (χ4n) is 4.07. The number of aryl methyl sites for hydroxylation is 1. The third-order valence-corrected chi connectivity index (χ3v) is 8.39. The highest BCUT2D eigenvalue weighted by molar-refractivity contribution is 7.92. The Labute approximate surface area is 234 Å². The standard InChI is InChI=1S/C29H33ClFN3O4S/c1-4-18-32-29(36)27(5-2)33(19-22-8-6-7-9-26(22)30)28(35)20-34(24-14-10-21(3)11-15-24)39(37,38)25-16-12-23(31)13-17-25/h6-17,27H,4-5,18-20H2,1-3H3,(H,32,36)/t27-/m0/s1. The summed E-state index contributed by atoms with van der Waals surface area (Å²) in [6, 6.07) is 17.2. The third-order valence-electron chi connectivity index (χ3n) is 6.24. The van der Waals surface area contributed by atoms with Crippen LogP contribution in [-0.4, -0.2) is 44.3 Å². The van der Waals surface area contributed by atoms with Gasteiger partial charge in [-0.25, -0.2) is 12.8 Å². The first kappa shape index (κ1) is 30.1. The molecule has 1 atom stereocenters. The first-order valence-electron chi connectivity index (χ1n) is 12.7. The van der Waals surface area contributed by atoms with Crippen LogP contribution in [0.25, 0.3) is 0 Å². The Hall–Kier alpha value is -3.43. The van der Waals surface area contributed by atoms with Crippen molar-refractivity contribution < 1.29 is 22.4 Å². The molecule has 7 nitrogen and oxygen atoms in total. The third kappa shape index (κ3) is 7.58. The summed E-state index contributed by atoms with van der Waals surface area (Å²) in [6.07, 6.45) is 1.03. The lowest BCUT2D eigenvalue weighted by Gasteiger charge is -2.33. The predicted octanol–water partition coefficient (Wildman–Crippen LogP) is 5.32. The highest BCUT2D eigenvalue weighted by Crippen LogP contribution is 2.26. The van der Waals surface area contributed by atoms with Crippen molar-refractivity contribution in [1.82, 2.24) is 10.2 Å². The van der Waals surface area contributed by atoms with Crippen molar-refractivity contribution in [2.24, 2.45) is 0 Å². The number of sulfonamides is 1. The average Bonchev–Trinajstić information content (AvgIpc) is 2.92. The molecule has 39 heavy (non-hydrogen) atoms. The van der Waals surface area contributed by atoms with E-state index in [1.165, 1.54) is 4.90 Å². The Bertz CT molecular complexity index is 1380. The number of nitrogens with zero attached hydrogens (tertiary/aromatic N) is 2. The molecular formula is C29H33ClFN3O4S. The monoisotopic (exact) mass is 573 g/mol. The summed E-state index contributed by atoms with van der Waals surface area (Å²) in [5.41, 5.74) is 1.79. The second-order valence-corrected chi connectivity index (χ2v) is 11.4. The van der Waals surface area contributed by atoms with Crippen LogP contribution in [0, 0.1) is 12.7 Å². The van der Waals surface area contributed by atoms with E-state index in [-0.39, 0.29) is 23.0 Å². The summed E-state index contributed by atoms with van der Waals surface area (Å²) >= 11 is 6.39. The number of nitrogens with one attached hydrogen (secondary N) is 1. The molecule has 0 radical (unpaired) electrons. The lowest BCUT2D eigenvalue weighted by Crippen LogP contribution is -2.52. The van der Waals surface area contributed by atoms with E-state index in [1.54, 1.807) is 55.5 Å². The van der Waals surface area contributed by atoms with Gasteiger partial charge in [-0.15, -0.1) is 0 Å². The molecule has 0 aliphatic carbocycles. The van der Waals surface area contributed by atoms with E-state index in [0.29, 0.717) is 23.6 Å². The van der Waals surface area contributed by atoms with Crippen LogP contribution in [0.2, 0.25) is 5.02 Å². The van der Waals surface area contributed by atoms with Gasteiger partial charge in [0.05, 0.1) is 10.6 Å². The zero-order valence-corrected chi connectivity index (χ0v) is 23.8. The number of hydrogen-bond donors (Lipinski definition) is 1. The molecule has 0 unspecified atom stereocenters. The minimum absolute atomic E-state index is 0.00882. The number of halogens is 2. The van der Waals surface area contributed by atoms with Gasteiger partial charge in [-0.05, 0) is 67.8 Å². The molecule has 3 rings (SSSR count). The van der Waals surface area contributed by atoms with Crippen LogP contribution in [0.5, 0.6) is 0 Å². The van der Waals surface area contributed by atoms with Crippen molar-refractivity contribution in [3.8, 4) is 0 Å². The van der Waals surface area contributed by atoms with Gasteiger partial charge >= 0.3 is 0 Å². The average molecular weight is 574 g/mol. The van der Waals surface area contributed by atoms with Gasteiger partial charge in [0.25, 0.3) is 10.0 Å². The quantitative estimate of drug-likeness (QED) is 0.318. The fourth-order valence-corrected chi connectivity index (χ4v) is 5.68. The fraction of sp³-hybridized carbons (Fsp3) is 0.310. The Morgan fingerprint density at radius 2 is 1.62 bits per heavy atom. The number of carbonyl (C=O) groups is 2. The van der Waals surface area contributed by atoms with E-state index in [1.807, 2.05) is 13.8 Å². The minimum atomic E-state index is -4.27. The van der Waals surface area contributed by atoms with Gasteiger partial charge in [0.2, 0.25) is 11.8 Å². The van der Waals surface area contributed by atoms with Crippen LogP contribution >= 0.6 is 11.6 Å². The van der Waals surface area contributed by atoms with Gasteiger partial charge in [-0.2, -0.15) is 0 Å². The molecule has 1 N–H and O–H groups in total. The van der Waals surface area contributed by atoms with E-state index < -0.39 is 34.3 Å². The van der Waals surface area contributed by atoms with E-state index in [9.17, 15) is 22.4 Å². The van der Waals surface area contributed by atoms with Gasteiger partial charge in [-0.3, -0.25) is 13.9 Å². The largest absolute Gasteiger partial charge is 0.354 e. The molecule has 0 heterocycles. The van der Waals surface area contributed by atoms with Gasteiger partial charge in [-0.1, -0.05) is 61.3 Å². The van der Waals surface area contributed by atoms with Crippen molar-refractivity contribution in [3.05, 3.63) is 94.8 Å². The molecule has 0 fully saturated rings. The number of amides is 2. The summed E-state index contributed by atoms with van der Waals surface area (Å²) in [7, 11) is -4.27. The van der Waals surface area contributed by atoms with Gasteiger partial charge in [0.1, 0.15) is 18.4 Å². The van der Waals surface area contributed by atoms with Crippen LogP contribution in [0.1, 0.15) is 37.8 Å². The Kier molecular flexibility index (Phi) is 10.5. The zero-order valence-electron chi connectivity index (χ0n) is 22.2. The molecule has 0 aromatic heterocycles. The second kappa shape index (κ2) is 13.6. The van der Waals surface area contributed by atoms with Crippen LogP contribution in [0.3, 0.4) is 0 Å². The maximum Gasteiger partial charge on any atom is 0.264 e. The number of anilines is 1. The first-order chi connectivity index (χ1) is 18.6. The molecule has 0 spiro atoms. The molecule has 0 saturated carbocycles. The molecule has 0 aliphatic heterocycles. The predicted molar refractivity (Wildman–Crippen MR) is 151 cm³/mol. The molecule has 0 aliphatic rings. The van der Waals surface area contributed by atoms with Gasteiger partial charge < -0.3 is 10.2 Å². The van der Waals surface area contributed by atoms with Crippen LogP contribution in [-0.2, 0) is 26.2 Å². The van der Waals surface area contributed by atoms with Gasteiger partial charge in [0.15, 0.2) is 0 Å². The van der Waals surface area contributed by atoms with E-state index in [0.717, 1.165) is 40.6 Å². The zero-order chi connectivity index (χ0) is 28.6. The SMILES string of the molecule is CCCNC(=O)[C@H](CC)N(Cc1ccccc1Cl)C(=O)CN(c1ccc(C)cc1)S(=O)(=O)c1ccc(F)cc1. The van der Waals surface area contributed by atoms with E-state index >= 15 is 0 Å². The smallest absolute Gasteiger partial charge is 0.264 e. The molecule has 10 heteroatoms. The topological polar surface area (TPSA) is 86.8 Å². The molecule has 3 aromatic rings. The van der Waals surface area contributed by atoms with Crippen LogP contribution < -0.4 is 9.62 Å². The molecule has 2 amide bonds. The van der Waals surface area contributed by atoms with Crippen LogP contribution in [0.4, 0.5) is 10.1 Å². The maximum atomic E-state index is 14.0. The Morgan fingerprint density at radius 3 is 2.21 bits per heavy atom. The van der Waals surface area contributed by atoms with Crippen molar-refractivity contribution in [3.63, 3.8) is 0 Å². The molecular weight excluding hydrogens is 541 g/mol. The Balaban J connectivity index is 2.05. The van der Waals surface area contributed by atoms with Crippen LogP contribution in [0.15, 0.2) is 77.7 Å². The van der Waals surface area contributed by atoms with Crippen molar-refractivity contribution in [2.75, 3.05) is 17.4 Å². The summed E-state index contributed by atoms with van der Waals surface area (Å²) in [6.45, 7) is 5.45. The highest BCUT2D eigenvalue weighted by atomic mass is 35.5. The molecule has 0 saturated heterocycles. The number of carbonyl (C=O) groups excluding carboxylic acids is 2. The number of benzene rings is 3. The van der Waals surface area contributed by atoms with Crippen molar-refractivity contribution >= 4 is 39.1 Å². The van der Waals surface area contributed by atoms with Crippen molar-refractivity contribution in [2.45, 2.75) is 51.1 Å². The highest BCUT2D eigenvalue weighted by Gasteiger charge is 2.33. The normalized spacial score (nSPS) is 12.0. The van der Waals surface area contributed by atoms with Gasteiger partial charge in [0, 0.05) is 18.1 Å².